The number of rotatable bonds is 5. The van der Waals surface area contributed by atoms with Gasteiger partial charge >= 0.3 is 0 Å². The molecule has 1 unspecified atom stereocenters. The van der Waals surface area contributed by atoms with Gasteiger partial charge in [0.15, 0.2) is 10.9 Å². The van der Waals surface area contributed by atoms with Crippen LogP contribution < -0.4 is 10.6 Å². The van der Waals surface area contributed by atoms with Crippen molar-refractivity contribution in [2.45, 2.75) is 56.6 Å². The highest BCUT2D eigenvalue weighted by molar-refractivity contribution is 7.98. The van der Waals surface area contributed by atoms with E-state index in [1.807, 2.05) is 19.1 Å². The van der Waals surface area contributed by atoms with Gasteiger partial charge in [-0.05, 0) is 79.6 Å². The fourth-order valence-corrected chi connectivity index (χ4v) is 6.77. The van der Waals surface area contributed by atoms with Crippen LogP contribution in [0, 0.1) is 32.1 Å². The molecule has 0 saturated heterocycles. The first-order valence-electron chi connectivity index (χ1n) is 12.7. The molecule has 5 nitrogen and oxygen atoms in total. The van der Waals surface area contributed by atoms with Crippen molar-refractivity contribution < 1.29 is 4.79 Å². The Morgan fingerprint density at radius 3 is 2.63 bits per heavy atom. The molecule has 2 heterocycles. The first kappa shape index (κ1) is 26.1. The van der Waals surface area contributed by atoms with Gasteiger partial charge in [-0.1, -0.05) is 41.9 Å². The number of thioether (sulfide) groups is 1. The normalized spacial score (nSPS) is 17.5. The van der Waals surface area contributed by atoms with Crippen LogP contribution in [-0.4, -0.2) is 10.8 Å². The second-order valence-electron chi connectivity index (χ2n) is 9.82. The number of allylic oxidation sites excluding steroid dienone is 3. The monoisotopic (exact) mass is 540 g/mol. The summed E-state index contributed by atoms with van der Waals surface area (Å²) in [4.78, 5) is 20.8. The van der Waals surface area contributed by atoms with Gasteiger partial charge in [-0.15, -0.1) is 11.8 Å². The SMILES string of the molecule is Cc1cc(C)c(C2C(C#N)=C(N)N(c3cccnc3Cl)C3=C2C(=O)CCC3)cc1CSc1ccccc1C. The van der Waals surface area contributed by atoms with Gasteiger partial charge in [0.05, 0.1) is 23.2 Å². The van der Waals surface area contributed by atoms with Crippen LogP contribution in [0.3, 0.4) is 0 Å². The van der Waals surface area contributed by atoms with Gasteiger partial charge in [0.25, 0.3) is 0 Å². The summed E-state index contributed by atoms with van der Waals surface area (Å²) in [5.41, 5.74) is 14.7. The Balaban J connectivity index is 1.65. The summed E-state index contributed by atoms with van der Waals surface area (Å²) in [7, 11) is 0. The summed E-state index contributed by atoms with van der Waals surface area (Å²) in [6.45, 7) is 6.28. The molecule has 0 fully saturated rings. The van der Waals surface area contributed by atoms with Gasteiger partial charge in [0.2, 0.25) is 0 Å². The lowest BCUT2D eigenvalue weighted by molar-refractivity contribution is -0.116. The van der Waals surface area contributed by atoms with Crippen LogP contribution in [0.1, 0.15) is 53.0 Å². The lowest BCUT2D eigenvalue weighted by Gasteiger charge is -2.40. The zero-order chi connectivity index (χ0) is 27.0. The number of carbonyl (C=O) groups excluding carboxylic acids is 1. The topological polar surface area (TPSA) is 83.0 Å². The molecule has 192 valence electrons. The Morgan fingerprint density at radius 1 is 1.11 bits per heavy atom. The molecule has 0 amide bonds. The molecule has 1 atom stereocenters. The Morgan fingerprint density at radius 2 is 1.89 bits per heavy atom. The molecular formula is C31H29ClN4OS. The van der Waals surface area contributed by atoms with Crippen molar-refractivity contribution in [3.63, 3.8) is 0 Å². The van der Waals surface area contributed by atoms with Crippen LogP contribution in [-0.2, 0) is 10.5 Å². The average Bonchev–Trinajstić information content (AvgIpc) is 2.89. The molecule has 3 aromatic rings. The molecule has 38 heavy (non-hydrogen) atoms. The Kier molecular flexibility index (Phi) is 7.34. The fourth-order valence-electron chi connectivity index (χ4n) is 5.47. The standard InChI is InChI=1S/C31H29ClN4OS/c1-18-8-4-5-12-27(18)38-17-21-15-22(20(3)14-19(21)2)28-23(16-33)31(34)36(25-10-7-13-35-30(25)32)24-9-6-11-26(37)29(24)28/h4-5,7-8,10,12-15,28H,6,9,11,17,34H2,1-3H3. The summed E-state index contributed by atoms with van der Waals surface area (Å²) in [5, 5.41) is 10.7. The molecule has 2 N–H and O–H groups in total. The van der Waals surface area contributed by atoms with Crippen LogP contribution in [0.4, 0.5) is 5.69 Å². The Bertz CT molecular complexity index is 1550. The number of pyridine rings is 1. The predicted molar refractivity (Wildman–Crippen MR) is 154 cm³/mol. The largest absolute Gasteiger partial charge is 0.384 e. The summed E-state index contributed by atoms with van der Waals surface area (Å²) < 4.78 is 0. The van der Waals surface area contributed by atoms with Gasteiger partial charge in [-0.2, -0.15) is 5.26 Å². The van der Waals surface area contributed by atoms with Gasteiger partial charge < -0.3 is 5.73 Å². The van der Waals surface area contributed by atoms with Crippen LogP contribution in [0.25, 0.3) is 0 Å². The van der Waals surface area contributed by atoms with Crippen LogP contribution >= 0.6 is 23.4 Å². The molecule has 2 aromatic carbocycles. The Labute approximate surface area is 233 Å². The first-order valence-corrected chi connectivity index (χ1v) is 14.0. The van der Waals surface area contributed by atoms with Gasteiger partial charge in [-0.25, -0.2) is 4.98 Å². The zero-order valence-corrected chi connectivity index (χ0v) is 23.3. The van der Waals surface area contributed by atoms with E-state index >= 15 is 0 Å². The number of nitriles is 1. The number of anilines is 1. The number of hydrogen-bond acceptors (Lipinski definition) is 6. The molecule has 2 aliphatic rings. The molecule has 1 aliphatic carbocycles. The molecule has 0 radical (unpaired) electrons. The lowest BCUT2D eigenvalue weighted by Crippen LogP contribution is -2.39. The first-order chi connectivity index (χ1) is 18.3. The highest BCUT2D eigenvalue weighted by atomic mass is 35.5. The van der Waals surface area contributed by atoms with Crippen LogP contribution in [0.15, 0.2) is 82.3 Å². The maximum absolute atomic E-state index is 13.5. The van der Waals surface area contributed by atoms with E-state index in [1.165, 1.54) is 21.6 Å². The van der Waals surface area contributed by atoms with E-state index in [-0.39, 0.29) is 10.9 Å². The fraction of sp³-hybridized carbons (Fsp3) is 0.258. The molecule has 0 saturated carbocycles. The molecule has 0 bridgehead atoms. The molecule has 5 rings (SSSR count). The van der Waals surface area contributed by atoms with E-state index < -0.39 is 5.92 Å². The summed E-state index contributed by atoms with van der Waals surface area (Å²) in [6.07, 6.45) is 3.45. The minimum Gasteiger partial charge on any atom is -0.384 e. The van der Waals surface area contributed by atoms with Crippen LogP contribution in [0.2, 0.25) is 5.15 Å². The number of nitrogens with two attached hydrogens (primary N) is 1. The van der Waals surface area contributed by atoms with Crippen molar-refractivity contribution in [1.82, 2.24) is 4.98 Å². The smallest absolute Gasteiger partial charge is 0.161 e. The number of aromatic nitrogens is 1. The number of Topliss-reactive ketones (excluding diaryl/α,β-unsaturated/α-hetero) is 1. The van der Waals surface area contributed by atoms with E-state index in [4.69, 9.17) is 17.3 Å². The summed E-state index contributed by atoms with van der Waals surface area (Å²) >= 11 is 8.27. The maximum Gasteiger partial charge on any atom is 0.161 e. The van der Waals surface area contributed by atoms with E-state index in [2.05, 4.69) is 55.2 Å². The van der Waals surface area contributed by atoms with Gasteiger partial charge in [0, 0.05) is 34.5 Å². The van der Waals surface area contributed by atoms with Gasteiger partial charge in [0.1, 0.15) is 5.82 Å². The molecule has 0 spiro atoms. The van der Waals surface area contributed by atoms with E-state index in [0.717, 1.165) is 29.0 Å². The maximum atomic E-state index is 13.5. The van der Waals surface area contributed by atoms with Crippen molar-refractivity contribution in [3.05, 3.63) is 110 Å². The van der Waals surface area contributed by atoms with Crippen molar-refractivity contribution in [2.75, 3.05) is 4.90 Å². The number of ketones is 1. The summed E-state index contributed by atoms with van der Waals surface area (Å²) in [6, 6.07) is 18.6. The zero-order valence-electron chi connectivity index (χ0n) is 21.7. The van der Waals surface area contributed by atoms with E-state index in [0.29, 0.717) is 35.5 Å². The van der Waals surface area contributed by atoms with Crippen molar-refractivity contribution in [3.8, 4) is 6.07 Å². The van der Waals surface area contributed by atoms with Gasteiger partial charge in [-0.3, -0.25) is 9.69 Å². The third-order valence-electron chi connectivity index (χ3n) is 7.41. The molecule has 7 heteroatoms. The second-order valence-corrected chi connectivity index (χ2v) is 11.2. The minimum absolute atomic E-state index is 0.0531. The number of aryl methyl sites for hydroxylation is 3. The number of halogens is 1. The minimum atomic E-state index is -0.516. The molecular weight excluding hydrogens is 512 g/mol. The molecule has 1 aliphatic heterocycles. The number of hydrogen-bond donors (Lipinski definition) is 1. The number of carbonyl (C=O) groups is 1. The van der Waals surface area contributed by atoms with Crippen LogP contribution in [0.5, 0.6) is 0 Å². The predicted octanol–water partition coefficient (Wildman–Crippen LogP) is 7.26. The number of benzene rings is 2. The molecule has 1 aromatic heterocycles. The third-order valence-corrected chi connectivity index (χ3v) is 8.92. The highest BCUT2D eigenvalue weighted by Gasteiger charge is 2.41. The second kappa shape index (κ2) is 10.7. The highest BCUT2D eigenvalue weighted by Crippen LogP contribution is 2.48. The van der Waals surface area contributed by atoms with E-state index in [9.17, 15) is 10.1 Å². The van der Waals surface area contributed by atoms with Crippen molar-refractivity contribution >= 4 is 34.8 Å². The quantitative estimate of drug-likeness (QED) is 0.271. The van der Waals surface area contributed by atoms with E-state index in [1.54, 1.807) is 28.9 Å². The van der Waals surface area contributed by atoms with Crippen molar-refractivity contribution in [1.29, 1.82) is 5.26 Å². The third kappa shape index (κ3) is 4.62. The lowest BCUT2D eigenvalue weighted by atomic mass is 9.74. The average molecular weight is 541 g/mol. The Hall–Kier alpha value is -3.53. The summed E-state index contributed by atoms with van der Waals surface area (Å²) in [5.74, 6) is 0.626. The van der Waals surface area contributed by atoms with Crippen molar-refractivity contribution in [2.24, 2.45) is 5.73 Å². The number of nitrogens with zero attached hydrogens (tertiary/aromatic N) is 3.